The average Bonchev–Trinajstić information content (AvgIpc) is 3.30. The highest BCUT2D eigenvalue weighted by Gasteiger charge is 2.46. The summed E-state index contributed by atoms with van der Waals surface area (Å²) in [6, 6.07) is 20.3. The van der Waals surface area contributed by atoms with E-state index in [0.717, 1.165) is 16.8 Å². The Morgan fingerprint density at radius 1 is 1.02 bits per heavy atom. The van der Waals surface area contributed by atoms with Gasteiger partial charge in [0.1, 0.15) is 0 Å². The van der Waals surface area contributed by atoms with Crippen LogP contribution < -0.4 is 4.74 Å². The van der Waals surface area contributed by atoms with Crippen LogP contribution in [0.3, 0.4) is 0 Å². The summed E-state index contributed by atoms with van der Waals surface area (Å²) in [7, 11) is -1.77. The first kappa shape index (κ1) is 29.8. The van der Waals surface area contributed by atoms with E-state index >= 15 is 0 Å². The molecule has 0 saturated carbocycles. The Labute approximate surface area is 252 Å². The quantitative estimate of drug-likeness (QED) is 0.289. The topological polar surface area (TPSA) is 79.8 Å². The molecule has 41 heavy (non-hydrogen) atoms. The Balaban J connectivity index is 1.61. The molecule has 0 N–H and O–H groups in total. The summed E-state index contributed by atoms with van der Waals surface area (Å²) in [6.45, 7) is 2.75. The zero-order valence-electron chi connectivity index (χ0n) is 23.2. The third-order valence-electron chi connectivity index (χ3n) is 8.24. The zero-order chi connectivity index (χ0) is 29.1. The Kier molecular flexibility index (Phi) is 9.24. The van der Waals surface area contributed by atoms with Crippen LogP contribution in [0.2, 0.25) is 10.0 Å². The minimum atomic E-state index is -3.34. The number of carbonyl (C=O) groups is 1. The second-order valence-corrected chi connectivity index (χ2v) is 13.8. The lowest BCUT2D eigenvalue weighted by molar-refractivity contribution is -0.147. The molecule has 2 aliphatic heterocycles. The number of benzene rings is 2. The number of methoxy groups -OCH3 is 1. The van der Waals surface area contributed by atoms with E-state index in [1.165, 1.54) is 0 Å². The maximum absolute atomic E-state index is 14.6. The predicted molar refractivity (Wildman–Crippen MR) is 162 cm³/mol. The molecular weight excluding hydrogens is 581 g/mol. The molecule has 2 aromatic carbocycles. The molecule has 7 nitrogen and oxygen atoms in total. The highest BCUT2D eigenvalue weighted by molar-refractivity contribution is 7.89. The molecule has 10 heteroatoms. The number of pyridine rings is 1. The van der Waals surface area contributed by atoms with E-state index in [4.69, 9.17) is 27.9 Å². The molecule has 2 aliphatic rings. The number of amides is 1. The van der Waals surface area contributed by atoms with Crippen LogP contribution in [0.5, 0.6) is 5.88 Å². The Bertz CT molecular complexity index is 1480. The molecule has 0 spiro atoms. The summed E-state index contributed by atoms with van der Waals surface area (Å²) < 4.78 is 32.5. The molecule has 5 rings (SSSR count). The minimum absolute atomic E-state index is 0.00343. The van der Waals surface area contributed by atoms with Crippen LogP contribution in [-0.4, -0.2) is 60.5 Å². The van der Waals surface area contributed by atoms with Crippen LogP contribution in [0.1, 0.15) is 55.0 Å². The number of rotatable bonds is 9. The van der Waals surface area contributed by atoms with Crippen LogP contribution in [0.4, 0.5) is 0 Å². The molecule has 3 heterocycles. The number of hydrogen-bond donors (Lipinski definition) is 0. The number of sulfonamides is 1. The normalized spacial score (nSPS) is 23.5. The van der Waals surface area contributed by atoms with Crippen molar-refractivity contribution < 1.29 is 17.9 Å². The van der Waals surface area contributed by atoms with Gasteiger partial charge in [-0.2, -0.15) is 4.31 Å². The first-order valence-electron chi connectivity index (χ1n) is 14.0. The zero-order valence-corrected chi connectivity index (χ0v) is 25.6. The first-order valence-corrected chi connectivity index (χ1v) is 16.4. The van der Waals surface area contributed by atoms with E-state index in [1.807, 2.05) is 66.4 Å². The van der Waals surface area contributed by atoms with Crippen molar-refractivity contribution in [3.63, 3.8) is 0 Å². The molecule has 2 saturated heterocycles. The molecule has 1 amide bonds. The smallest absolute Gasteiger partial charge is 0.226 e. The number of hydrogen-bond acceptors (Lipinski definition) is 5. The summed E-state index contributed by atoms with van der Waals surface area (Å²) >= 11 is 12.8. The van der Waals surface area contributed by atoms with Gasteiger partial charge in [-0.05, 0) is 60.7 Å². The van der Waals surface area contributed by atoms with Gasteiger partial charge in [-0.25, -0.2) is 13.4 Å². The highest BCUT2D eigenvalue weighted by Crippen LogP contribution is 2.47. The number of nitrogens with zero attached hydrogens (tertiary/aromatic N) is 3. The van der Waals surface area contributed by atoms with E-state index in [1.54, 1.807) is 17.5 Å². The van der Waals surface area contributed by atoms with Crippen molar-refractivity contribution in [2.24, 2.45) is 5.92 Å². The lowest BCUT2D eigenvalue weighted by atomic mass is 9.74. The number of likely N-dealkylation sites (tertiary alicyclic amines) is 1. The van der Waals surface area contributed by atoms with Gasteiger partial charge in [0.25, 0.3) is 0 Å². The Morgan fingerprint density at radius 2 is 1.78 bits per heavy atom. The van der Waals surface area contributed by atoms with Crippen LogP contribution >= 0.6 is 23.2 Å². The largest absolute Gasteiger partial charge is 0.481 e. The maximum Gasteiger partial charge on any atom is 0.226 e. The Morgan fingerprint density at radius 3 is 2.44 bits per heavy atom. The van der Waals surface area contributed by atoms with Crippen LogP contribution in [0.15, 0.2) is 66.7 Å². The van der Waals surface area contributed by atoms with Gasteiger partial charge in [-0.3, -0.25) is 4.79 Å². The number of carbonyl (C=O) groups excluding carboxylic acids is 1. The van der Waals surface area contributed by atoms with E-state index in [2.05, 4.69) is 11.1 Å². The summed E-state index contributed by atoms with van der Waals surface area (Å²) in [4.78, 5) is 21.1. The maximum atomic E-state index is 14.6. The molecular formula is C31H35Cl2N3O4S. The van der Waals surface area contributed by atoms with Crippen molar-refractivity contribution in [2.45, 2.75) is 50.6 Å². The molecule has 1 aromatic heterocycles. The van der Waals surface area contributed by atoms with Gasteiger partial charge in [0.15, 0.2) is 0 Å². The summed E-state index contributed by atoms with van der Waals surface area (Å²) in [5.74, 6) is 0.182. The fraction of sp³-hybridized carbons (Fsp3) is 0.419. The second-order valence-electron chi connectivity index (χ2n) is 10.8. The lowest BCUT2D eigenvalue weighted by Gasteiger charge is -2.49. The van der Waals surface area contributed by atoms with Crippen LogP contribution in [0, 0.1) is 5.92 Å². The molecule has 218 valence electrons. The molecule has 2 fully saturated rings. The second kappa shape index (κ2) is 12.7. The predicted octanol–water partition coefficient (Wildman–Crippen LogP) is 6.13. The van der Waals surface area contributed by atoms with Gasteiger partial charge in [0.05, 0.1) is 18.9 Å². The summed E-state index contributed by atoms with van der Waals surface area (Å²) in [5.41, 5.74) is 2.75. The fourth-order valence-electron chi connectivity index (χ4n) is 6.25. The third kappa shape index (κ3) is 6.56. The fourth-order valence-corrected chi connectivity index (χ4v) is 8.13. The molecule has 0 aliphatic carbocycles. The Hall–Kier alpha value is -2.65. The number of piperidine rings is 1. The number of halogens is 2. The van der Waals surface area contributed by atoms with Gasteiger partial charge in [-0.15, -0.1) is 0 Å². The van der Waals surface area contributed by atoms with E-state index in [0.29, 0.717) is 48.2 Å². The summed E-state index contributed by atoms with van der Waals surface area (Å²) in [5, 5.41) is 1.24. The average molecular weight is 617 g/mol. The minimum Gasteiger partial charge on any atom is -0.481 e. The van der Waals surface area contributed by atoms with Crippen molar-refractivity contribution >= 4 is 39.1 Å². The van der Waals surface area contributed by atoms with Crippen molar-refractivity contribution in [2.75, 3.05) is 26.0 Å². The van der Waals surface area contributed by atoms with E-state index in [9.17, 15) is 13.2 Å². The van der Waals surface area contributed by atoms with Crippen LogP contribution in [-0.2, 0) is 21.2 Å². The van der Waals surface area contributed by atoms with E-state index in [-0.39, 0.29) is 42.1 Å². The molecule has 4 atom stereocenters. The van der Waals surface area contributed by atoms with Crippen molar-refractivity contribution in [1.29, 1.82) is 0 Å². The third-order valence-corrected chi connectivity index (χ3v) is 10.6. The van der Waals surface area contributed by atoms with Gasteiger partial charge in [0.2, 0.25) is 21.8 Å². The van der Waals surface area contributed by atoms with Crippen molar-refractivity contribution in [1.82, 2.24) is 14.2 Å². The van der Waals surface area contributed by atoms with Crippen molar-refractivity contribution in [3.05, 3.63) is 93.6 Å². The number of aromatic nitrogens is 1. The van der Waals surface area contributed by atoms with Crippen molar-refractivity contribution in [3.8, 4) is 5.88 Å². The van der Waals surface area contributed by atoms with Crippen LogP contribution in [0.25, 0.3) is 0 Å². The molecule has 0 bridgehead atoms. The lowest BCUT2D eigenvalue weighted by Crippen LogP contribution is -2.55. The number of ether oxygens (including phenoxy) is 1. The first-order chi connectivity index (χ1) is 19.7. The molecule has 0 radical (unpaired) electrons. The highest BCUT2D eigenvalue weighted by atomic mass is 35.5. The molecule has 1 unspecified atom stereocenters. The van der Waals surface area contributed by atoms with Gasteiger partial charge in [0, 0.05) is 59.2 Å². The van der Waals surface area contributed by atoms with Gasteiger partial charge >= 0.3 is 0 Å². The molecule has 3 aromatic rings. The standard InChI is InChI=1S/C31H35Cl2N3O4S/c1-3-27(20-35-15-6-16-41(35,38)39)36-30(21-11-13-24(32)14-12-21)28(22-7-4-8-25(33)17-22)19-23(31(36)37)18-26-9-5-10-29(34-26)40-2/h4-5,7-14,17,23,27-28,30H,3,6,15-16,18-20H2,1-2H3/t23-,27?,28-,30-/m1/s1. The monoisotopic (exact) mass is 615 g/mol. The van der Waals surface area contributed by atoms with Gasteiger partial charge in [-0.1, -0.05) is 60.5 Å². The SMILES string of the molecule is CCC(CN1CCCS1(=O)=O)N1C(=O)[C@H](Cc2cccc(OC)n2)C[C@H](c2cccc(Cl)c2)[C@H]1c1ccc(Cl)cc1. The van der Waals surface area contributed by atoms with E-state index < -0.39 is 10.0 Å². The summed E-state index contributed by atoms with van der Waals surface area (Å²) in [6.07, 6.45) is 2.23. The van der Waals surface area contributed by atoms with Gasteiger partial charge < -0.3 is 9.64 Å².